The molecule has 6 rings (SSSR count). The molecule has 2 aromatic heterocycles. The van der Waals surface area contributed by atoms with Crippen molar-refractivity contribution < 1.29 is 14.3 Å². The largest absolute Gasteiger partial charge is 0.372 e. The number of morpholine rings is 2. The summed E-state index contributed by atoms with van der Waals surface area (Å²) in [6, 6.07) is 13.0. The molecule has 2 bridgehead atoms. The van der Waals surface area contributed by atoms with Crippen molar-refractivity contribution >= 4 is 29.0 Å². The van der Waals surface area contributed by atoms with Crippen LogP contribution in [-0.2, 0) is 9.47 Å². The van der Waals surface area contributed by atoms with Gasteiger partial charge in [0.15, 0.2) is 5.82 Å². The number of pyridine rings is 1. The van der Waals surface area contributed by atoms with Gasteiger partial charge in [-0.05, 0) is 62.6 Å². The first kappa shape index (κ1) is 25.5. The summed E-state index contributed by atoms with van der Waals surface area (Å²) in [6.07, 6.45) is 7.27. The fourth-order valence-corrected chi connectivity index (χ4v) is 5.57. The lowest BCUT2D eigenvalue weighted by Crippen LogP contribution is -2.47. The third-order valence-corrected chi connectivity index (χ3v) is 7.49. The van der Waals surface area contributed by atoms with Gasteiger partial charge in [0.1, 0.15) is 11.6 Å². The molecule has 4 atom stereocenters. The van der Waals surface area contributed by atoms with Gasteiger partial charge in [0.25, 0.3) is 0 Å². The average molecular weight is 530 g/mol. The average Bonchev–Trinajstić information content (AvgIpc) is 3.30. The molecule has 3 aliphatic heterocycles. The molecule has 1 aromatic carbocycles. The molecule has 3 fully saturated rings. The number of ether oxygens (including phenoxy) is 2. The van der Waals surface area contributed by atoms with Crippen molar-refractivity contribution in [1.82, 2.24) is 15.0 Å². The Balaban J connectivity index is 1.25. The monoisotopic (exact) mass is 529 g/mol. The van der Waals surface area contributed by atoms with Gasteiger partial charge in [-0.2, -0.15) is 0 Å². The number of carbonyl (C=O) groups is 1. The molecule has 0 saturated carbocycles. The van der Waals surface area contributed by atoms with Crippen LogP contribution in [0.25, 0.3) is 11.4 Å². The molecule has 2 amide bonds. The van der Waals surface area contributed by atoms with Crippen LogP contribution in [0.1, 0.15) is 33.1 Å². The number of carbonyl (C=O) groups excluding carboxylic acids is 1. The number of urea groups is 1. The number of hydrogen-bond acceptors (Lipinski definition) is 8. The Hall–Kier alpha value is -3.76. The van der Waals surface area contributed by atoms with Crippen molar-refractivity contribution in [3.8, 4) is 11.4 Å². The molecule has 3 aliphatic rings. The van der Waals surface area contributed by atoms with Crippen LogP contribution in [0.3, 0.4) is 0 Å². The molecule has 39 heavy (non-hydrogen) atoms. The van der Waals surface area contributed by atoms with Crippen molar-refractivity contribution in [3.05, 3.63) is 54.9 Å². The smallest absolute Gasteiger partial charge is 0.323 e. The number of fused-ring (bicyclic) bond motifs is 2. The first-order valence-electron chi connectivity index (χ1n) is 13.8. The van der Waals surface area contributed by atoms with E-state index >= 15 is 0 Å². The zero-order valence-corrected chi connectivity index (χ0v) is 22.4. The minimum atomic E-state index is -0.329. The van der Waals surface area contributed by atoms with Crippen molar-refractivity contribution in [3.63, 3.8) is 0 Å². The molecule has 4 unspecified atom stereocenters. The van der Waals surface area contributed by atoms with E-state index < -0.39 is 0 Å². The Labute approximate surface area is 228 Å². The van der Waals surface area contributed by atoms with Gasteiger partial charge in [-0.25, -0.2) is 14.8 Å². The van der Waals surface area contributed by atoms with Crippen molar-refractivity contribution in [2.75, 3.05) is 46.6 Å². The first-order chi connectivity index (χ1) is 19.0. The molecule has 2 N–H and O–H groups in total. The summed E-state index contributed by atoms with van der Waals surface area (Å²) in [7, 11) is 0. The third-order valence-electron chi connectivity index (χ3n) is 7.49. The Morgan fingerprint density at radius 1 is 0.923 bits per heavy atom. The number of aromatic nitrogens is 3. The highest BCUT2D eigenvalue weighted by Crippen LogP contribution is 2.32. The van der Waals surface area contributed by atoms with Gasteiger partial charge in [-0.3, -0.25) is 4.98 Å². The second-order valence-corrected chi connectivity index (χ2v) is 10.6. The van der Waals surface area contributed by atoms with Crippen LogP contribution in [0.4, 0.5) is 27.8 Å². The summed E-state index contributed by atoms with van der Waals surface area (Å²) in [4.78, 5) is 31.1. The van der Waals surface area contributed by atoms with Crippen LogP contribution in [-0.4, -0.2) is 71.6 Å². The number of nitrogens with one attached hydrogen (secondary N) is 2. The molecule has 3 saturated heterocycles. The van der Waals surface area contributed by atoms with Crippen molar-refractivity contribution in [2.45, 2.75) is 57.5 Å². The summed E-state index contributed by atoms with van der Waals surface area (Å²) < 4.78 is 12.2. The molecule has 0 radical (unpaired) electrons. The summed E-state index contributed by atoms with van der Waals surface area (Å²) in [5.41, 5.74) is 2.19. The second-order valence-electron chi connectivity index (χ2n) is 10.6. The fourth-order valence-electron chi connectivity index (χ4n) is 5.57. The van der Waals surface area contributed by atoms with Gasteiger partial charge in [-0.15, -0.1) is 0 Å². The second kappa shape index (κ2) is 11.2. The number of anilines is 4. The lowest BCUT2D eigenvalue weighted by molar-refractivity contribution is -0.0174. The summed E-state index contributed by atoms with van der Waals surface area (Å²) in [5, 5.41) is 5.64. The van der Waals surface area contributed by atoms with Crippen LogP contribution in [0.15, 0.2) is 54.9 Å². The minimum Gasteiger partial charge on any atom is -0.372 e. The quantitative estimate of drug-likeness (QED) is 0.479. The summed E-state index contributed by atoms with van der Waals surface area (Å²) in [5.74, 6) is 2.51. The highest BCUT2D eigenvalue weighted by atomic mass is 16.5. The normalized spacial score (nSPS) is 24.5. The topological polar surface area (TPSA) is 105 Å². The predicted molar refractivity (Wildman–Crippen MR) is 151 cm³/mol. The molecular weight excluding hydrogens is 494 g/mol. The van der Waals surface area contributed by atoms with Crippen LogP contribution >= 0.6 is 0 Å². The van der Waals surface area contributed by atoms with Crippen LogP contribution < -0.4 is 20.4 Å². The number of hydrogen-bond donors (Lipinski definition) is 2. The van der Waals surface area contributed by atoms with Gasteiger partial charge in [0, 0.05) is 49.7 Å². The molecule has 0 aliphatic carbocycles. The van der Waals surface area contributed by atoms with Gasteiger partial charge in [-0.1, -0.05) is 6.92 Å². The maximum absolute atomic E-state index is 12.4. The molecule has 10 nitrogen and oxygen atoms in total. The standard InChI is InChI=1S/C29H35N7O3/c1-3-23-16-35(15-19(2)38-23)26-13-27(36-17-24-10-11-25(18-36)39-24)34-28(33-26)20-6-8-21(9-7-20)31-29(37)32-22-5-4-12-30-14-22/h4-9,12-14,19,23-25H,3,10-11,15-18H2,1-2H3,(H2,31,32,37). The molecule has 204 valence electrons. The van der Waals surface area contributed by atoms with E-state index in [4.69, 9.17) is 19.4 Å². The Morgan fingerprint density at radius 3 is 2.28 bits per heavy atom. The van der Waals surface area contributed by atoms with Crippen molar-refractivity contribution in [2.24, 2.45) is 0 Å². The van der Waals surface area contributed by atoms with Crippen LogP contribution in [0.5, 0.6) is 0 Å². The predicted octanol–water partition coefficient (Wildman–Crippen LogP) is 4.55. The Kier molecular flexibility index (Phi) is 7.30. The SMILES string of the molecule is CCC1CN(c2cc(N3CC4CCC(C3)O4)nc(-c3ccc(NC(=O)Nc4cccnc4)cc3)n2)CC(C)O1. The zero-order valence-electron chi connectivity index (χ0n) is 22.4. The molecule has 10 heteroatoms. The number of rotatable bonds is 6. The van der Waals surface area contributed by atoms with E-state index in [2.05, 4.69) is 45.3 Å². The molecule has 5 heterocycles. The lowest BCUT2D eigenvalue weighted by Gasteiger charge is -2.38. The molecule has 3 aromatic rings. The maximum atomic E-state index is 12.4. The Bertz CT molecular complexity index is 1280. The van der Waals surface area contributed by atoms with E-state index in [0.29, 0.717) is 17.2 Å². The van der Waals surface area contributed by atoms with Gasteiger partial charge < -0.3 is 29.9 Å². The highest BCUT2D eigenvalue weighted by Gasteiger charge is 2.35. The molecular formula is C29H35N7O3. The van der Waals surface area contributed by atoms with Gasteiger partial charge >= 0.3 is 6.03 Å². The molecule has 0 spiro atoms. The highest BCUT2D eigenvalue weighted by molar-refractivity contribution is 5.99. The minimum absolute atomic E-state index is 0.132. The third kappa shape index (κ3) is 5.97. The first-order valence-corrected chi connectivity index (χ1v) is 13.8. The van der Waals surface area contributed by atoms with E-state index in [0.717, 1.165) is 62.6 Å². The van der Waals surface area contributed by atoms with E-state index in [1.54, 1.807) is 24.5 Å². The zero-order chi connectivity index (χ0) is 26.8. The fraction of sp³-hybridized carbons (Fsp3) is 0.448. The van der Waals surface area contributed by atoms with E-state index in [1.807, 2.05) is 24.3 Å². The number of benzene rings is 1. The van der Waals surface area contributed by atoms with Gasteiger partial charge in [0.2, 0.25) is 0 Å². The van der Waals surface area contributed by atoms with E-state index in [9.17, 15) is 4.79 Å². The van der Waals surface area contributed by atoms with Gasteiger partial charge in [0.05, 0.1) is 36.3 Å². The lowest BCUT2D eigenvalue weighted by atomic mass is 10.1. The van der Waals surface area contributed by atoms with E-state index in [-0.39, 0.29) is 30.4 Å². The summed E-state index contributed by atoms with van der Waals surface area (Å²) >= 11 is 0. The summed E-state index contributed by atoms with van der Waals surface area (Å²) in [6.45, 7) is 7.56. The maximum Gasteiger partial charge on any atom is 0.323 e. The van der Waals surface area contributed by atoms with E-state index in [1.165, 1.54) is 0 Å². The van der Waals surface area contributed by atoms with Crippen LogP contribution in [0.2, 0.25) is 0 Å². The van der Waals surface area contributed by atoms with Crippen LogP contribution in [0, 0.1) is 0 Å². The van der Waals surface area contributed by atoms with Crippen molar-refractivity contribution in [1.29, 1.82) is 0 Å². The Morgan fingerprint density at radius 2 is 1.62 bits per heavy atom. The number of nitrogens with zero attached hydrogens (tertiary/aromatic N) is 5. The number of amides is 2.